The van der Waals surface area contributed by atoms with E-state index < -0.39 is 0 Å². The summed E-state index contributed by atoms with van der Waals surface area (Å²) in [7, 11) is 2.24. The van der Waals surface area contributed by atoms with Gasteiger partial charge in [-0.3, -0.25) is 4.68 Å². The van der Waals surface area contributed by atoms with Gasteiger partial charge in [0.15, 0.2) is 0 Å². The van der Waals surface area contributed by atoms with Gasteiger partial charge in [0.1, 0.15) is 0 Å². The third-order valence-corrected chi connectivity index (χ3v) is 4.97. The molecule has 1 fully saturated rings. The van der Waals surface area contributed by atoms with Crippen molar-refractivity contribution < 1.29 is 0 Å². The highest BCUT2D eigenvalue weighted by Gasteiger charge is 2.18. The average molecular weight is 315 g/mol. The number of hydrogen-bond acceptors (Lipinski definition) is 3. The number of nitrogens with zero attached hydrogens (tertiary/aromatic N) is 4. The summed E-state index contributed by atoms with van der Waals surface area (Å²) in [5.74, 6) is 0. The van der Waals surface area contributed by atoms with Crippen molar-refractivity contribution in [2.24, 2.45) is 0 Å². The Kier molecular flexibility index (Phi) is 5.18. The molecular formula is C13H23BrN4. The van der Waals surface area contributed by atoms with Gasteiger partial charge in [0.2, 0.25) is 0 Å². The molecule has 0 amide bonds. The fourth-order valence-electron chi connectivity index (χ4n) is 2.57. The number of rotatable bonds is 5. The minimum absolute atomic E-state index is 0.337. The van der Waals surface area contributed by atoms with Crippen molar-refractivity contribution in [2.45, 2.75) is 56.4 Å². The first-order chi connectivity index (χ1) is 8.70. The van der Waals surface area contributed by atoms with Gasteiger partial charge in [0.05, 0.1) is 10.5 Å². The van der Waals surface area contributed by atoms with Crippen LogP contribution in [0.3, 0.4) is 0 Å². The second-order valence-corrected chi connectivity index (χ2v) is 6.31. The van der Waals surface area contributed by atoms with E-state index >= 15 is 0 Å². The minimum atomic E-state index is 0.337. The maximum absolute atomic E-state index is 4.22. The number of alkyl halides is 1. The molecule has 0 bridgehead atoms. The van der Waals surface area contributed by atoms with E-state index in [1.54, 1.807) is 0 Å². The van der Waals surface area contributed by atoms with Gasteiger partial charge in [-0.1, -0.05) is 34.5 Å². The molecule has 2 unspecified atom stereocenters. The van der Waals surface area contributed by atoms with Gasteiger partial charge in [-0.05, 0) is 39.3 Å². The van der Waals surface area contributed by atoms with Crippen molar-refractivity contribution in [1.82, 2.24) is 19.9 Å². The number of hydrogen-bond donors (Lipinski definition) is 0. The van der Waals surface area contributed by atoms with E-state index in [1.165, 1.54) is 32.2 Å². The van der Waals surface area contributed by atoms with Gasteiger partial charge in [0.25, 0.3) is 0 Å². The maximum atomic E-state index is 4.22. The first-order valence-corrected chi connectivity index (χ1v) is 7.86. The molecule has 0 radical (unpaired) electrons. The SMILES string of the molecule is CCC(Br)c1cn(CCC2CCCCN2C)nn1. The largest absolute Gasteiger partial charge is 0.303 e. The van der Waals surface area contributed by atoms with Crippen molar-refractivity contribution in [1.29, 1.82) is 0 Å². The molecule has 4 nitrogen and oxygen atoms in total. The normalized spacial score (nSPS) is 23.2. The van der Waals surface area contributed by atoms with Crippen molar-refractivity contribution in [3.8, 4) is 0 Å². The molecule has 102 valence electrons. The average Bonchev–Trinajstić information content (AvgIpc) is 2.86. The molecule has 1 aliphatic rings. The quantitative estimate of drug-likeness (QED) is 0.783. The van der Waals surface area contributed by atoms with Gasteiger partial charge >= 0.3 is 0 Å². The van der Waals surface area contributed by atoms with Gasteiger partial charge in [-0.15, -0.1) is 5.10 Å². The zero-order valence-corrected chi connectivity index (χ0v) is 12.9. The van der Waals surface area contributed by atoms with E-state index in [-0.39, 0.29) is 0 Å². The molecule has 0 saturated carbocycles. The van der Waals surface area contributed by atoms with Crippen LogP contribution in [0, 0.1) is 0 Å². The molecule has 0 aliphatic carbocycles. The Hall–Kier alpha value is -0.420. The van der Waals surface area contributed by atoms with E-state index in [0.29, 0.717) is 4.83 Å². The fourth-order valence-corrected chi connectivity index (χ4v) is 2.78. The number of piperidine rings is 1. The van der Waals surface area contributed by atoms with Gasteiger partial charge in [-0.2, -0.15) is 0 Å². The summed E-state index contributed by atoms with van der Waals surface area (Å²) < 4.78 is 1.99. The molecule has 1 aliphatic heterocycles. The van der Waals surface area contributed by atoms with E-state index in [1.807, 2.05) is 4.68 Å². The maximum Gasteiger partial charge on any atom is 0.0963 e. The van der Waals surface area contributed by atoms with E-state index in [4.69, 9.17) is 0 Å². The van der Waals surface area contributed by atoms with Crippen LogP contribution >= 0.6 is 15.9 Å². The van der Waals surface area contributed by atoms with Crippen LogP contribution in [0.4, 0.5) is 0 Å². The van der Waals surface area contributed by atoms with E-state index in [9.17, 15) is 0 Å². The summed E-state index contributed by atoms with van der Waals surface area (Å²) in [6.07, 6.45) is 8.35. The third kappa shape index (κ3) is 3.54. The second-order valence-electron chi connectivity index (χ2n) is 5.20. The Morgan fingerprint density at radius 3 is 3.06 bits per heavy atom. The highest BCUT2D eigenvalue weighted by molar-refractivity contribution is 9.09. The Morgan fingerprint density at radius 2 is 2.33 bits per heavy atom. The van der Waals surface area contributed by atoms with Crippen LogP contribution in [0.2, 0.25) is 0 Å². The Bertz CT molecular complexity index is 366. The summed E-state index contributed by atoms with van der Waals surface area (Å²) in [6, 6.07) is 0.720. The Balaban J connectivity index is 1.84. The number of aromatic nitrogens is 3. The summed E-state index contributed by atoms with van der Waals surface area (Å²) in [6.45, 7) is 4.37. The predicted molar refractivity (Wildman–Crippen MR) is 76.9 cm³/mol. The van der Waals surface area contributed by atoms with Crippen molar-refractivity contribution >= 4 is 15.9 Å². The molecule has 2 heterocycles. The Labute approximate surface area is 118 Å². The van der Waals surface area contributed by atoms with Crippen molar-refractivity contribution in [3.05, 3.63) is 11.9 Å². The summed E-state index contributed by atoms with van der Waals surface area (Å²) in [5.41, 5.74) is 1.05. The topological polar surface area (TPSA) is 34.0 Å². The summed E-state index contributed by atoms with van der Waals surface area (Å²) in [4.78, 5) is 2.82. The second kappa shape index (κ2) is 6.66. The van der Waals surface area contributed by atoms with E-state index in [0.717, 1.165) is 24.7 Å². The lowest BCUT2D eigenvalue weighted by atomic mass is 10.0. The third-order valence-electron chi connectivity index (χ3n) is 3.85. The van der Waals surface area contributed by atoms with Crippen molar-refractivity contribution in [2.75, 3.05) is 13.6 Å². The summed E-state index contributed by atoms with van der Waals surface area (Å²) in [5, 5.41) is 8.44. The van der Waals surface area contributed by atoms with E-state index in [2.05, 4.69) is 51.3 Å². The molecule has 18 heavy (non-hydrogen) atoms. The predicted octanol–water partition coefficient (Wildman–Crippen LogP) is 3.00. The zero-order valence-electron chi connectivity index (χ0n) is 11.3. The molecule has 0 spiro atoms. The number of aryl methyl sites for hydroxylation is 1. The smallest absolute Gasteiger partial charge is 0.0963 e. The Morgan fingerprint density at radius 1 is 1.50 bits per heavy atom. The van der Waals surface area contributed by atoms with Gasteiger partial charge < -0.3 is 4.90 Å². The molecule has 2 rings (SSSR count). The lowest BCUT2D eigenvalue weighted by Gasteiger charge is -2.32. The first-order valence-electron chi connectivity index (χ1n) is 6.95. The molecule has 0 aromatic carbocycles. The van der Waals surface area contributed by atoms with Crippen LogP contribution in [-0.2, 0) is 6.54 Å². The minimum Gasteiger partial charge on any atom is -0.303 e. The zero-order chi connectivity index (χ0) is 13.0. The molecule has 1 aromatic rings. The van der Waals surface area contributed by atoms with Crippen LogP contribution in [0.25, 0.3) is 0 Å². The molecular weight excluding hydrogens is 292 g/mol. The lowest BCUT2D eigenvalue weighted by Crippen LogP contribution is -2.36. The van der Waals surface area contributed by atoms with Crippen LogP contribution < -0.4 is 0 Å². The molecule has 1 saturated heterocycles. The van der Waals surface area contributed by atoms with Crippen LogP contribution in [0.15, 0.2) is 6.20 Å². The fraction of sp³-hybridized carbons (Fsp3) is 0.846. The standard InChI is InChI=1S/C13H23BrN4/c1-3-12(14)13-10-18(16-15-13)9-7-11-6-4-5-8-17(11)2/h10-12H,3-9H2,1-2H3. The first kappa shape index (κ1) is 14.0. The molecule has 2 atom stereocenters. The molecule has 1 aromatic heterocycles. The monoisotopic (exact) mass is 314 g/mol. The van der Waals surface area contributed by atoms with Crippen LogP contribution in [0.1, 0.15) is 49.5 Å². The highest BCUT2D eigenvalue weighted by Crippen LogP contribution is 2.23. The highest BCUT2D eigenvalue weighted by atomic mass is 79.9. The van der Waals surface area contributed by atoms with Crippen LogP contribution in [0.5, 0.6) is 0 Å². The van der Waals surface area contributed by atoms with Crippen LogP contribution in [-0.4, -0.2) is 39.5 Å². The molecule has 5 heteroatoms. The van der Waals surface area contributed by atoms with Crippen molar-refractivity contribution in [3.63, 3.8) is 0 Å². The van der Waals surface area contributed by atoms with Gasteiger partial charge in [-0.25, -0.2) is 0 Å². The summed E-state index contributed by atoms with van der Waals surface area (Å²) >= 11 is 3.61. The van der Waals surface area contributed by atoms with Gasteiger partial charge in [0, 0.05) is 18.8 Å². The number of likely N-dealkylation sites (tertiary alicyclic amines) is 1. The number of halogens is 1. The lowest BCUT2D eigenvalue weighted by molar-refractivity contribution is 0.169. The molecule has 0 N–H and O–H groups in total.